The molecular weight excluding hydrogens is 707 g/mol. The fourth-order valence-corrected chi connectivity index (χ4v) is 9.31. The van der Waals surface area contributed by atoms with Gasteiger partial charge in [-0.25, -0.2) is 4.99 Å². The van der Waals surface area contributed by atoms with E-state index in [4.69, 9.17) is 4.99 Å². The molecule has 11 aromatic rings. The first-order valence-electron chi connectivity index (χ1n) is 20.0. The van der Waals surface area contributed by atoms with Crippen molar-refractivity contribution in [1.82, 2.24) is 19.8 Å². The molecule has 2 atom stereocenters. The Morgan fingerprint density at radius 2 is 0.828 bits per heavy atom. The molecule has 274 valence electrons. The first kappa shape index (κ1) is 32.7. The van der Waals surface area contributed by atoms with Crippen molar-refractivity contribution >= 4 is 71.0 Å². The number of amidine groups is 1. The molecule has 0 saturated heterocycles. The Labute approximate surface area is 335 Å². The molecule has 0 saturated carbocycles. The van der Waals surface area contributed by atoms with Gasteiger partial charge in [-0.15, -0.1) is 0 Å². The predicted octanol–water partition coefficient (Wildman–Crippen LogP) is 12.5. The third-order valence-corrected chi connectivity index (χ3v) is 12.0. The quantitative estimate of drug-likeness (QED) is 0.184. The molecule has 2 unspecified atom stereocenters. The van der Waals surface area contributed by atoms with Gasteiger partial charge < -0.3 is 14.5 Å². The Bertz CT molecular complexity index is 3380. The van der Waals surface area contributed by atoms with E-state index in [2.05, 4.69) is 214 Å². The van der Waals surface area contributed by atoms with Gasteiger partial charge in [0.15, 0.2) is 0 Å². The molecule has 3 heterocycles. The van der Waals surface area contributed by atoms with Gasteiger partial charge >= 0.3 is 0 Å². The summed E-state index contributed by atoms with van der Waals surface area (Å²) in [6.45, 7) is 0. The molecule has 5 nitrogen and oxygen atoms in total. The zero-order valence-corrected chi connectivity index (χ0v) is 31.5. The maximum Gasteiger partial charge on any atom is 0.131 e. The van der Waals surface area contributed by atoms with Crippen LogP contribution in [0.2, 0.25) is 0 Å². The highest BCUT2D eigenvalue weighted by atomic mass is 15.3. The van der Waals surface area contributed by atoms with Crippen molar-refractivity contribution in [2.75, 3.05) is 0 Å². The minimum Gasteiger partial charge on any atom is -0.350 e. The highest BCUT2D eigenvalue weighted by molar-refractivity contribution is 6.29. The number of hydrogen-bond acceptors (Lipinski definition) is 3. The van der Waals surface area contributed by atoms with Crippen LogP contribution in [0.25, 0.3) is 76.5 Å². The summed E-state index contributed by atoms with van der Waals surface area (Å²) in [5.41, 5.74) is 10.4. The average Bonchev–Trinajstić information content (AvgIpc) is 3.84. The maximum absolute atomic E-state index is 5.25. The van der Waals surface area contributed by atoms with Gasteiger partial charge in [-0.2, -0.15) is 0 Å². The molecule has 0 spiro atoms. The van der Waals surface area contributed by atoms with E-state index in [0.29, 0.717) is 0 Å². The lowest BCUT2D eigenvalue weighted by molar-refractivity contribution is 0.409. The minimum atomic E-state index is -0.254. The fraction of sp³-hybridized carbons (Fsp3) is 0.0377. The van der Waals surface area contributed by atoms with E-state index in [1.54, 1.807) is 0 Å². The van der Waals surface area contributed by atoms with Crippen molar-refractivity contribution in [1.29, 1.82) is 0 Å². The summed E-state index contributed by atoms with van der Waals surface area (Å²) >= 11 is 0. The Morgan fingerprint density at radius 1 is 0.362 bits per heavy atom. The minimum absolute atomic E-state index is 0.105. The van der Waals surface area contributed by atoms with Crippen LogP contribution in [-0.2, 0) is 0 Å². The van der Waals surface area contributed by atoms with E-state index >= 15 is 0 Å². The highest BCUT2D eigenvalue weighted by Gasteiger charge is 2.27. The predicted molar refractivity (Wildman–Crippen MR) is 241 cm³/mol. The zero-order valence-electron chi connectivity index (χ0n) is 31.5. The van der Waals surface area contributed by atoms with Crippen molar-refractivity contribution < 1.29 is 0 Å². The lowest BCUT2D eigenvalue weighted by Gasteiger charge is -2.32. The number of nitrogens with one attached hydrogen (secondary N) is 2. The Kier molecular flexibility index (Phi) is 7.37. The molecule has 0 fully saturated rings. The van der Waals surface area contributed by atoms with Crippen LogP contribution in [0.15, 0.2) is 205 Å². The number of aromatic nitrogens is 2. The SMILES string of the molecule is c1ccc(C2=NC(c3ccc(-n4c5c6ccccc6ccc5c5ccc6c7ccc8ccccc8c7n(-c7ccccc7)c6c54)cc3)NC(c3ccccc3)N2)cc1. The second-order valence-corrected chi connectivity index (χ2v) is 15.2. The monoisotopic (exact) mass is 743 g/mol. The van der Waals surface area contributed by atoms with Crippen LogP contribution >= 0.6 is 0 Å². The number of fused-ring (bicyclic) bond motifs is 11. The summed E-state index contributed by atoms with van der Waals surface area (Å²) in [5, 5.41) is 17.3. The summed E-state index contributed by atoms with van der Waals surface area (Å²) in [6, 6.07) is 72.2. The van der Waals surface area contributed by atoms with Crippen molar-refractivity contribution in [2.24, 2.45) is 4.99 Å². The summed E-state index contributed by atoms with van der Waals surface area (Å²) in [4.78, 5) is 5.25. The topological polar surface area (TPSA) is 46.3 Å². The molecule has 1 aliphatic rings. The molecule has 0 bridgehead atoms. The van der Waals surface area contributed by atoms with Gasteiger partial charge in [0, 0.05) is 49.3 Å². The number of aliphatic imine (C=N–C) groups is 1. The molecule has 58 heavy (non-hydrogen) atoms. The molecule has 9 aromatic carbocycles. The smallest absolute Gasteiger partial charge is 0.131 e. The van der Waals surface area contributed by atoms with Crippen molar-refractivity contribution in [2.45, 2.75) is 12.3 Å². The molecule has 12 rings (SSSR count). The van der Waals surface area contributed by atoms with Crippen LogP contribution in [0.4, 0.5) is 0 Å². The van der Waals surface area contributed by atoms with Crippen LogP contribution in [0.5, 0.6) is 0 Å². The van der Waals surface area contributed by atoms with Gasteiger partial charge in [0.05, 0.1) is 22.1 Å². The summed E-state index contributed by atoms with van der Waals surface area (Å²) in [7, 11) is 0. The van der Waals surface area contributed by atoms with Gasteiger partial charge in [-0.1, -0.05) is 176 Å². The van der Waals surface area contributed by atoms with Crippen LogP contribution < -0.4 is 10.6 Å². The third-order valence-electron chi connectivity index (χ3n) is 12.0. The van der Waals surface area contributed by atoms with Gasteiger partial charge in [-0.05, 0) is 46.2 Å². The largest absolute Gasteiger partial charge is 0.350 e. The third kappa shape index (κ3) is 5.04. The lowest BCUT2D eigenvalue weighted by atomic mass is 10.0. The Hall–Kier alpha value is -7.47. The van der Waals surface area contributed by atoms with Crippen molar-refractivity contribution in [3.05, 3.63) is 217 Å². The normalized spacial score (nSPS) is 15.8. The first-order valence-corrected chi connectivity index (χ1v) is 20.0. The van der Waals surface area contributed by atoms with Gasteiger partial charge in [-0.3, -0.25) is 5.32 Å². The molecule has 1 aliphatic heterocycles. The fourth-order valence-electron chi connectivity index (χ4n) is 9.31. The Morgan fingerprint density at radius 3 is 1.41 bits per heavy atom. The average molecular weight is 744 g/mol. The molecule has 2 aromatic heterocycles. The number of nitrogens with zero attached hydrogens (tertiary/aromatic N) is 3. The molecule has 2 N–H and O–H groups in total. The molecule has 0 radical (unpaired) electrons. The van der Waals surface area contributed by atoms with Crippen LogP contribution in [0.3, 0.4) is 0 Å². The second-order valence-electron chi connectivity index (χ2n) is 15.2. The zero-order chi connectivity index (χ0) is 38.2. The van der Waals surface area contributed by atoms with E-state index in [1.165, 1.54) is 65.2 Å². The first-order chi connectivity index (χ1) is 28.8. The summed E-state index contributed by atoms with van der Waals surface area (Å²) in [5.74, 6) is 0.875. The van der Waals surface area contributed by atoms with Crippen molar-refractivity contribution in [3.63, 3.8) is 0 Å². The number of para-hydroxylation sites is 1. The van der Waals surface area contributed by atoms with Crippen LogP contribution in [0, 0.1) is 0 Å². The van der Waals surface area contributed by atoms with Gasteiger partial charge in [0.1, 0.15) is 18.2 Å². The van der Waals surface area contributed by atoms with E-state index in [0.717, 1.165) is 33.9 Å². The lowest BCUT2D eigenvalue weighted by Crippen LogP contribution is -2.44. The molecule has 0 amide bonds. The van der Waals surface area contributed by atoms with E-state index in [1.807, 2.05) is 6.07 Å². The van der Waals surface area contributed by atoms with E-state index in [-0.39, 0.29) is 12.3 Å². The van der Waals surface area contributed by atoms with Crippen molar-refractivity contribution in [3.8, 4) is 11.4 Å². The molecule has 5 heteroatoms. The highest BCUT2D eigenvalue weighted by Crippen LogP contribution is 2.45. The Balaban J connectivity index is 1.13. The van der Waals surface area contributed by atoms with Gasteiger partial charge in [0.2, 0.25) is 0 Å². The van der Waals surface area contributed by atoms with Crippen LogP contribution in [0.1, 0.15) is 29.0 Å². The van der Waals surface area contributed by atoms with E-state index in [9.17, 15) is 0 Å². The molecular formula is C53H37N5. The maximum atomic E-state index is 5.25. The van der Waals surface area contributed by atoms with Gasteiger partial charge in [0.25, 0.3) is 0 Å². The van der Waals surface area contributed by atoms with E-state index < -0.39 is 0 Å². The summed E-state index contributed by atoms with van der Waals surface area (Å²) < 4.78 is 5.02. The standard InChI is InChI=1S/C53H37N5/c1-4-16-36(17-5-1)51-54-52(37-18-6-2-7-19-37)56-53(55-51)38-24-28-40(29-25-38)58-48-42-23-13-11-15-35(42)27-31-44(48)46-33-32-45-43-30-26-34-14-10-12-22-41(34)47(43)57(49(45)50(46)58)39-20-8-3-9-21-39/h1-33,51,53,55H,(H,54,56). The number of rotatable bonds is 5. The molecule has 0 aliphatic carbocycles. The summed E-state index contributed by atoms with van der Waals surface area (Å²) in [6.07, 6.45) is -0.359. The number of benzene rings is 9. The second kappa shape index (κ2) is 13.1. The van der Waals surface area contributed by atoms with Crippen LogP contribution in [-0.4, -0.2) is 15.0 Å². The number of hydrogen-bond donors (Lipinski definition) is 2.